The van der Waals surface area contributed by atoms with Crippen LogP contribution in [-0.2, 0) is 0 Å². The van der Waals surface area contributed by atoms with Crippen LogP contribution in [0.3, 0.4) is 0 Å². The lowest BCUT2D eigenvalue weighted by atomic mass is 9.92. The number of hydrogen-bond donors (Lipinski definition) is 0. The average molecular weight is 433 g/mol. The van der Waals surface area contributed by atoms with Gasteiger partial charge in [-0.1, -0.05) is 63.5 Å². The Morgan fingerprint density at radius 1 is 0.821 bits per heavy atom. The predicted octanol–water partition coefficient (Wildman–Crippen LogP) is 7.04. The molecule has 1 heterocycles. The fraction of sp³-hybridized carbons (Fsp3) is 0.240. The van der Waals surface area contributed by atoms with E-state index in [1.807, 2.05) is 0 Å². The first-order valence-corrected chi connectivity index (χ1v) is 10.5. The van der Waals surface area contributed by atoms with Gasteiger partial charge >= 0.3 is 0 Å². The van der Waals surface area contributed by atoms with Crippen LogP contribution >= 0.6 is 15.9 Å². The van der Waals surface area contributed by atoms with Crippen LogP contribution in [0.5, 0.6) is 0 Å². The van der Waals surface area contributed by atoms with Crippen LogP contribution in [0.1, 0.15) is 45.8 Å². The molecule has 3 aromatic rings. The van der Waals surface area contributed by atoms with E-state index in [1.165, 1.54) is 39.1 Å². The van der Waals surface area contributed by atoms with Gasteiger partial charge in [-0.25, -0.2) is 0 Å². The van der Waals surface area contributed by atoms with Crippen LogP contribution in [0.4, 0.5) is 5.69 Å². The van der Waals surface area contributed by atoms with E-state index in [9.17, 15) is 0 Å². The quantitative estimate of drug-likeness (QED) is 0.433. The second kappa shape index (κ2) is 7.56. The Morgan fingerprint density at radius 2 is 1.43 bits per heavy atom. The number of halogens is 1. The van der Waals surface area contributed by atoms with Gasteiger partial charge in [0.15, 0.2) is 0 Å². The highest BCUT2D eigenvalue weighted by Crippen LogP contribution is 2.38. The Labute approximate surface area is 176 Å². The second-order valence-corrected chi connectivity index (χ2v) is 8.69. The minimum Gasteiger partial charge on any atom is -0.257 e. The Balaban J connectivity index is 1.80. The average Bonchev–Trinajstić information content (AvgIpc) is 3.07. The fourth-order valence-corrected chi connectivity index (χ4v) is 4.44. The summed E-state index contributed by atoms with van der Waals surface area (Å²) in [6.45, 7) is 8.67. The molecule has 4 rings (SSSR count). The van der Waals surface area contributed by atoms with Gasteiger partial charge < -0.3 is 0 Å². The summed E-state index contributed by atoms with van der Waals surface area (Å²) < 4.78 is 1.10. The van der Waals surface area contributed by atoms with Crippen molar-refractivity contribution in [1.29, 1.82) is 0 Å². The van der Waals surface area contributed by atoms with Crippen molar-refractivity contribution in [3.63, 3.8) is 0 Å². The van der Waals surface area contributed by atoms with E-state index in [-0.39, 0.29) is 6.04 Å². The van der Waals surface area contributed by atoms with E-state index in [0.717, 1.165) is 16.6 Å². The molecule has 0 bridgehead atoms. The highest BCUT2D eigenvalue weighted by molar-refractivity contribution is 9.10. The lowest BCUT2D eigenvalue weighted by molar-refractivity contribution is 0.708. The van der Waals surface area contributed by atoms with Crippen molar-refractivity contribution in [1.82, 2.24) is 0 Å². The lowest BCUT2D eigenvalue weighted by Crippen LogP contribution is -2.18. The summed E-state index contributed by atoms with van der Waals surface area (Å²) in [5, 5.41) is 7.32. The molecule has 2 nitrogen and oxygen atoms in total. The first-order chi connectivity index (χ1) is 13.4. The number of rotatable bonds is 3. The van der Waals surface area contributed by atoms with Crippen molar-refractivity contribution < 1.29 is 0 Å². The van der Waals surface area contributed by atoms with Gasteiger partial charge in [-0.2, -0.15) is 5.10 Å². The van der Waals surface area contributed by atoms with Crippen LogP contribution in [0.25, 0.3) is 0 Å². The summed E-state index contributed by atoms with van der Waals surface area (Å²) in [7, 11) is 0. The van der Waals surface area contributed by atoms with Gasteiger partial charge in [-0.05, 0) is 68.7 Å². The molecule has 0 spiro atoms. The predicted molar refractivity (Wildman–Crippen MR) is 122 cm³/mol. The standard InChI is InChI=1S/C25H25BrN2/c1-16-5-11-22(12-6-16)28-24(20-7-9-21(26)10-8-20)15-23(27-28)25-18(3)13-17(2)14-19(25)4/h5-14,24H,15H2,1-4H3. The summed E-state index contributed by atoms with van der Waals surface area (Å²) in [5.41, 5.74) is 10.1. The maximum absolute atomic E-state index is 5.13. The van der Waals surface area contributed by atoms with E-state index in [2.05, 4.69) is 109 Å². The maximum atomic E-state index is 5.13. The van der Waals surface area contributed by atoms with Gasteiger partial charge in [0.05, 0.1) is 17.4 Å². The molecule has 142 valence electrons. The number of hydrogen-bond acceptors (Lipinski definition) is 2. The number of benzene rings is 3. The number of nitrogens with zero attached hydrogens (tertiary/aromatic N) is 2. The smallest absolute Gasteiger partial charge is 0.0831 e. The minimum absolute atomic E-state index is 0.200. The minimum atomic E-state index is 0.200. The van der Waals surface area contributed by atoms with Crippen LogP contribution in [0.2, 0.25) is 0 Å². The summed E-state index contributed by atoms with van der Waals surface area (Å²) in [5.74, 6) is 0. The third-order valence-electron chi connectivity index (χ3n) is 5.43. The number of anilines is 1. The summed E-state index contributed by atoms with van der Waals surface area (Å²) >= 11 is 3.55. The molecule has 0 aliphatic carbocycles. The molecule has 3 heteroatoms. The SMILES string of the molecule is Cc1ccc(N2N=C(c3c(C)cc(C)cc3C)CC2c2ccc(Br)cc2)cc1. The Kier molecular flexibility index (Phi) is 5.11. The van der Waals surface area contributed by atoms with Crippen molar-refractivity contribution in [2.24, 2.45) is 5.10 Å². The molecule has 3 aromatic carbocycles. The zero-order valence-electron chi connectivity index (χ0n) is 16.8. The molecule has 0 radical (unpaired) electrons. The monoisotopic (exact) mass is 432 g/mol. The summed E-state index contributed by atoms with van der Waals surface area (Å²) in [6, 6.07) is 22.0. The van der Waals surface area contributed by atoms with Gasteiger partial charge in [-0.3, -0.25) is 5.01 Å². The van der Waals surface area contributed by atoms with Gasteiger partial charge in [0.1, 0.15) is 0 Å². The number of aryl methyl sites for hydroxylation is 4. The van der Waals surface area contributed by atoms with Crippen molar-refractivity contribution >= 4 is 27.3 Å². The van der Waals surface area contributed by atoms with Crippen LogP contribution < -0.4 is 5.01 Å². The highest BCUT2D eigenvalue weighted by atomic mass is 79.9. The third kappa shape index (κ3) is 3.64. The summed E-state index contributed by atoms with van der Waals surface area (Å²) in [4.78, 5) is 0. The molecule has 0 aromatic heterocycles. The lowest BCUT2D eigenvalue weighted by Gasteiger charge is -2.24. The van der Waals surface area contributed by atoms with E-state index in [4.69, 9.17) is 5.10 Å². The number of hydrazone groups is 1. The highest BCUT2D eigenvalue weighted by Gasteiger charge is 2.31. The van der Waals surface area contributed by atoms with Crippen molar-refractivity contribution in [2.45, 2.75) is 40.2 Å². The van der Waals surface area contributed by atoms with Gasteiger partial charge in [0.25, 0.3) is 0 Å². The third-order valence-corrected chi connectivity index (χ3v) is 5.96. The van der Waals surface area contributed by atoms with E-state index < -0.39 is 0 Å². The molecule has 0 N–H and O–H groups in total. The normalized spacial score (nSPS) is 16.4. The molecule has 28 heavy (non-hydrogen) atoms. The van der Waals surface area contributed by atoms with Gasteiger partial charge in [-0.15, -0.1) is 0 Å². The molecule has 1 unspecified atom stereocenters. The Hall–Kier alpha value is -2.39. The topological polar surface area (TPSA) is 15.6 Å². The second-order valence-electron chi connectivity index (χ2n) is 7.77. The van der Waals surface area contributed by atoms with Crippen LogP contribution in [0.15, 0.2) is 70.2 Å². The summed E-state index contributed by atoms with van der Waals surface area (Å²) in [6.07, 6.45) is 0.903. The molecule has 0 fully saturated rings. The van der Waals surface area contributed by atoms with Crippen LogP contribution in [0, 0.1) is 27.7 Å². The molecule has 1 aliphatic rings. The largest absolute Gasteiger partial charge is 0.257 e. The molecule has 0 saturated carbocycles. The van der Waals surface area contributed by atoms with Crippen LogP contribution in [-0.4, -0.2) is 5.71 Å². The molecule has 0 amide bonds. The first kappa shape index (κ1) is 18.9. The zero-order chi connectivity index (χ0) is 19.8. The van der Waals surface area contributed by atoms with E-state index >= 15 is 0 Å². The molecular weight excluding hydrogens is 408 g/mol. The Morgan fingerprint density at radius 3 is 2.04 bits per heavy atom. The Bertz CT molecular complexity index is 1010. The first-order valence-electron chi connectivity index (χ1n) is 9.69. The molecule has 0 saturated heterocycles. The molecule has 1 aliphatic heterocycles. The molecule has 1 atom stereocenters. The van der Waals surface area contributed by atoms with Gasteiger partial charge in [0.2, 0.25) is 0 Å². The molecular formula is C25H25BrN2. The van der Waals surface area contributed by atoms with Crippen molar-refractivity contribution in [2.75, 3.05) is 5.01 Å². The zero-order valence-corrected chi connectivity index (χ0v) is 18.4. The van der Waals surface area contributed by atoms with Crippen molar-refractivity contribution in [3.05, 3.63) is 98.5 Å². The van der Waals surface area contributed by atoms with E-state index in [0.29, 0.717) is 0 Å². The maximum Gasteiger partial charge on any atom is 0.0831 e. The van der Waals surface area contributed by atoms with Gasteiger partial charge in [0, 0.05) is 16.5 Å². The van der Waals surface area contributed by atoms with Crippen molar-refractivity contribution in [3.8, 4) is 0 Å². The fourth-order valence-electron chi connectivity index (χ4n) is 4.18. The van der Waals surface area contributed by atoms with E-state index in [1.54, 1.807) is 0 Å².